The molecular weight excluding hydrogens is 426 g/mol. The maximum Gasteiger partial charge on any atom is 0.284 e. The highest BCUT2D eigenvalue weighted by Gasteiger charge is 2.17. The maximum absolute atomic E-state index is 13.0. The van der Waals surface area contributed by atoms with Gasteiger partial charge in [0.25, 0.3) is 5.56 Å². The van der Waals surface area contributed by atoms with Gasteiger partial charge in [0.2, 0.25) is 11.7 Å². The van der Waals surface area contributed by atoms with Crippen LogP contribution in [0.3, 0.4) is 0 Å². The summed E-state index contributed by atoms with van der Waals surface area (Å²) in [5.74, 6) is 1.95. The first-order chi connectivity index (χ1) is 16.2. The first-order valence-corrected chi connectivity index (χ1v) is 10.2. The minimum atomic E-state index is -0.376. The summed E-state index contributed by atoms with van der Waals surface area (Å²) in [6.07, 6.45) is 1.40. The van der Waals surface area contributed by atoms with Gasteiger partial charge in [-0.05, 0) is 31.2 Å². The van der Waals surface area contributed by atoms with Crippen molar-refractivity contribution in [3.8, 4) is 28.6 Å². The van der Waals surface area contributed by atoms with E-state index >= 15 is 0 Å². The van der Waals surface area contributed by atoms with Gasteiger partial charge in [0.05, 0.1) is 13.7 Å². The summed E-state index contributed by atoms with van der Waals surface area (Å²) >= 11 is 0. The quantitative estimate of drug-likeness (QED) is 0.372. The molecule has 0 N–H and O–H groups in total. The number of benzene rings is 2. The van der Waals surface area contributed by atoms with E-state index in [2.05, 4.69) is 25.4 Å². The fraction of sp³-hybridized carbons (Fsp3) is 0.182. The van der Waals surface area contributed by atoms with E-state index in [9.17, 15) is 4.79 Å². The Labute approximate surface area is 187 Å². The molecule has 5 aromatic rings. The second-order valence-electron chi connectivity index (χ2n) is 7.00. The lowest BCUT2D eigenvalue weighted by Gasteiger charge is -2.07. The lowest BCUT2D eigenvalue weighted by molar-refractivity contribution is 0.340. The topological polar surface area (TPSA) is 123 Å². The van der Waals surface area contributed by atoms with Crippen molar-refractivity contribution in [1.29, 1.82) is 0 Å². The molecule has 2 aromatic carbocycles. The molecular formula is C22H19N7O4. The van der Waals surface area contributed by atoms with Crippen LogP contribution in [-0.2, 0) is 6.54 Å². The van der Waals surface area contributed by atoms with Crippen molar-refractivity contribution in [2.24, 2.45) is 0 Å². The SMILES string of the molecule is CCOc1cccc(-c2noc(Cn3cnc4c(nnn4-c4ccccc4OC)c3=O)n2)c1. The standard InChI is InChI=1S/C22H19N7O4/c1-3-32-15-8-6-7-14(11-15)20-24-18(33-26-20)12-28-13-23-21-19(22(28)30)25-27-29(21)16-9-4-5-10-17(16)31-2/h4-11,13H,3,12H2,1-2H3. The second kappa shape index (κ2) is 8.54. The van der Waals surface area contributed by atoms with E-state index in [1.807, 2.05) is 43.3 Å². The fourth-order valence-corrected chi connectivity index (χ4v) is 3.40. The highest BCUT2D eigenvalue weighted by molar-refractivity contribution is 5.71. The number of nitrogens with zero attached hydrogens (tertiary/aromatic N) is 7. The van der Waals surface area contributed by atoms with Crippen molar-refractivity contribution >= 4 is 11.2 Å². The monoisotopic (exact) mass is 445 g/mol. The molecule has 0 unspecified atom stereocenters. The third-order valence-corrected chi connectivity index (χ3v) is 4.92. The van der Waals surface area contributed by atoms with Crippen LogP contribution in [0.2, 0.25) is 0 Å². The van der Waals surface area contributed by atoms with Gasteiger partial charge in [0.1, 0.15) is 30.1 Å². The van der Waals surface area contributed by atoms with Gasteiger partial charge < -0.3 is 14.0 Å². The van der Waals surface area contributed by atoms with E-state index in [-0.39, 0.29) is 23.5 Å². The highest BCUT2D eigenvalue weighted by Crippen LogP contribution is 2.24. The van der Waals surface area contributed by atoms with E-state index in [0.717, 1.165) is 5.56 Å². The van der Waals surface area contributed by atoms with Crippen molar-refractivity contribution in [2.75, 3.05) is 13.7 Å². The zero-order valence-electron chi connectivity index (χ0n) is 17.9. The van der Waals surface area contributed by atoms with Crippen LogP contribution in [0.25, 0.3) is 28.2 Å². The Morgan fingerprint density at radius 3 is 2.85 bits per heavy atom. The molecule has 0 aliphatic rings. The highest BCUT2D eigenvalue weighted by atomic mass is 16.5. The Kier molecular flexibility index (Phi) is 5.27. The van der Waals surface area contributed by atoms with Crippen LogP contribution in [-0.4, -0.2) is 48.4 Å². The van der Waals surface area contributed by atoms with Gasteiger partial charge >= 0.3 is 0 Å². The molecule has 0 atom stereocenters. The molecule has 3 heterocycles. The molecule has 0 amide bonds. The number of methoxy groups -OCH3 is 1. The van der Waals surface area contributed by atoms with Gasteiger partial charge in [-0.25, -0.2) is 4.98 Å². The average molecular weight is 445 g/mol. The van der Waals surface area contributed by atoms with E-state index < -0.39 is 0 Å². The van der Waals surface area contributed by atoms with E-state index in [1.54, 1.807) is 19.2 Å². The van der Waals surface area contributed by atoms with Crippen molar-refractivity contribution in [1.82, 2.24) is 34.7 Å². The molecule has 0 aliphatic heterocycles. The molecule has 0 aliphatic carbocycles. The molecule has 0 radical (unpaired) electrons. The van der Waals surface area contributed by atoms with Gasteiger partial charge in [0, 0.05) is 5.56 Å². The first kappa shape index (κ1) is 20.4. The zero-order valence-corrected chi connectivity index (χ0v) is 17.9. The summed E-state index contributed by atoms with van der Waals surface area (Å²) in [4.78, 5) is 21.8. The van der Waals surface area contributed by atoms with Gasteiger partial charge in [-0.3, -0.25) is 9.36 Å². The normalized spacial score (nSPS) is 11.1. The van der Waals surface area contributed by atoms with Crippen LogP contribution < -0.4 is 15.0 Å². The Morgan fingerprint density at radius 2 is 2.00 bits per heavy atom. The molecule has 0 spiro atoms. The molecule has 166 valence electrons. The lowest BCUT2D eigenvalue weighted by Crippen LogP contribution is -2.21. The Bertz CT molecular complexity index is 1490. The summed E-state index contributed by atoms with van der Waals surface area (Å²) in [5, 5.41) is 12.1. The largest absolute Gasteiger partial charge is 0.494 e. The summed E-state index contributed by atoms with van der Waals surface area (Å²) in [6, 6.07) is 14.7. The average Bonchev–Trinajstić information content (AvgIpc) is 3.49. The van der Waals surface area contributed by atoms with Crippen LogP contribution in [0.5, 0.6) is 11.5 Å². The number of hydrogen-bond donors (Lipinski definition) is 0. The Morgan fingerprint density at radius 1 is 1.12 bits per heavy atom. The predicted molar refractivity (Wildman–Crippen MR) is 117 cm³/mol. The maximum atomic E-state index is 13.0. The van der Waals surface area contributed by atoms with Crippen LogP contribution in [0.4, 0.5) is 0 Å². The van der Waals surface area contributed by atoms with Crippen LogP contribution in [0.1, 0.15) is 12.8 Å². The van der Waals surface area contributed by atoms with Crippen LogP contribution >= 0.6 is 0 Å². The van der Waals surface area contributed by atoms with E-state index in [0.29, 0.717) is 35.3 Å². The molecule has 0 saturated heterocycles. The zero-order chi connectivity index (χ0) is 22.8. The number of hydrogen-bond acceptors (Lipinski definition) is 9. The van der Waals surface area contributed by atoms with Crippen LogP contribution in [0, 0.1) is 0 Å². The van der Waals surface area contributed by atoms with Crippen molar-refractivity contribution in [3.05, 3.63) is 71.1 Å². The first-order valence-electron chi connectivity index (χ1n) is 10.2. The molecule has 11 nitrogen and oxygen atoms in total. The van der Waals surface area contributed by atoms with Crippen molar-refractivity contribution in [2.45, 2.75) is 13.5 Å². The number of ether oxygens (including phenoxy) is 2. The lowest BCUT2D eigenvalue weighted by atomic mass is 10.2. The molecule has 0 saturated carbocycles. The summed E-state index contributed by atoms with van der Waals surface area (Å²) in [7, 11) is 1.56. The fourth-order valence-electron chi connectivity index (χ4n) is 3.40. The predicted octanol–water partition coefficient (Wildman–Crippen LogP) is 2.48. The summed E-state index contributed by atoms with van der Waals surface area (Å²) < 4.78 is 19.0. The minimum absolute atomic E-state index is 0.0431. The smallest absolute Gasteiger partial charge is 0.284 e. The number of rotatable bonds is 7. The number of aromatic nitrogens is 7. The Balaban J connectivity index is 1.45. The third kappa shape index (κ3) is 3.80. The van der Waals surface area contributed by atoms with Crippen molar-refractivity contribution < 1.29 is 14.0 Å². The van der Waals surface area contributed by atoms with E-state index in [1.165, 1.54) is 15.6 Å². The minimum Gasteiger partial charge on any atom is -0.494 e. The third-order valence-electron chi connectivity index (χ3n) is 4.92. The molecule has 33 heavy (non-hydrogen) atoms. The summed E-state index contributed by atoms with van der Waals surface area (Å²) in [5.41, 5.74) is 1.44. The van der Waals surface area contributed by atoms with Gasteiger partial charge in [0.15, 0.2) is 11.2 Å². The Hall–Kier alpha value is -4.54. The molecule has 3 aromatic heterocycles. The molecule has 5 rings (SSSR count). The summed E-state index contributed by atoms with van der Waals surface area (Å²) in [6.45, 7) is 2.51. The number of fused-ring (bicyclic) bond motifs is 1. The van der Waals surface area contributed by atoms with Gasteiger partial charge in [-0.2, -0.15) is 9.67 Å². The molecule has 0 bridgehead atoms. The van der Waals surface area contributed by atoms with Crippen molar-refractivity contribution in [3.63, 3.8) is 0 Å². The van der Waals surface area contributed by atoms with Crippen LogP contribution in [0.15, 0.2) is 64.2 Å². The van der Waals surface area contributed by atoms with Gasteiger partial charge in [-0.1, -0.05) is 34.6 Å². The number of para-hydroxylation sites is 2. The van der Waals surface area contributed by atoms with E-state index in [4.69, 9.17) is 14.0 Å². The molecule has 0 fully saturated rings. The molecule has 11 heteroatoms. The van der Waals surface area contributed by atoms with Gasteiger partial charge in [-0.15, -0.1) is 5.10 Å². The second-order valence-corrected chi connectivity index (χ2v) is 7.00.